The number of aryl methyl sites for hydroxylation is 2. The number of nitrogens with zero attached hydrogens (tertiary/aromatic N) is 2. The molecule has 3 rings (SSSR count). The van der Waals surface area contributed by atoms with Crippen molar-refractivity contribution in [1.82, 2.24) is 4.98 Å². The Morgan fingerprint density at radius 3 is 2.64 bits per heavy atom. The Kier molecular flexibility index (Phi) is 5.68. The molecule has 1 N–H and O–H groups in total. The van der Waals surface area contributed by atoms with E-state index >= 15 is 0 Å². The minimum absolute atomic E-state index is 0.473. The molecule has 0 bridgehead atoms. The third-order valence-corrected chi connectivity index (χ3v) is 4.85. The topological polar surface area (TPSA) is 46.5 Å². The molecule has 6 heteroatoms. The van der Waals surface area contributed by atoms with Crippen molar-refractivity contribution in [1.29, 1.82) is 0 Å². The number of hydrogen-bond donors (Lipinski definition) is 1. The van der Waals surface area contributed by atoms with Crippen LogP contribution >= 0.6 is 22.9 Å². The van der Waals surface area contributed by atoms with E-state index in [9.17, 15) is 0 Å². The van der Waals surface area contributed by atoms with Crippen LogP contribution in [0.2, 0.25) is 5.02 Å². The number of ether oxygens (including phenoxy) is 1. The molecule has 1 aromatic heterocycles. The number of halogens is 1. The average molecular weight is 372 g/mol. The lowest BCUT2D eigenvalue weighted by atomic mass is 10.2. The summed E-state index contributed by atoms with van der Waals surface area (Å²) < 4.78 is 5.91. The summed E-state index contributed by atoms with van der Waals surface area (Å²) in [6, 6.07) is 15.4. The molecule has 0 atom stereocenters. The first-order chi connectivity index (χ1) is 12.1. The molecular weight excluding hydrogens is 354 g/mol. The van der Waals surface area contributed by atoms with Crippen molar-refractivity contribution >= 4 is 34.3 Å². The normalized spacial score (nSPS) is 11.0. The van der Waals surface area contributed by atoms with Crippen LogP contribution < -0.4 is 10.2 Å². The lowest BCUT2D eigenvalue weighted by molar-refractivity contribution is 0.306. The fraction of sp³-hybridized carbons (Fsp3) is 0.158. The first kappa shape index (κ1) is 17.5. The predicted octanol–water partition coefficient (Wildman–Crippen LogP) is 5.44. The van der Waals surface area contributed by atoms with E-state index in [-0.39, 0.29) is 0 Å². The maximum absolute atomic E-state index is 5.91. The summed E-state index contributed by atoms with van der Waals surface area (Å²) in [6.07, 6.45) is 1.74. The van der Waals surface area contributed by atoms with Gasteiger partial charge in [-0.05, 0) is 43.7 Å². The highest BCUT2D eigenvalue weighted by Crippen LogP contribution is 2.22. The molecule has 0 aliphatic heterocycles. The maximum atomic E-state index is 5.91. The van der Waals surface area contributed by atoms with Crippen LogP contribution in [0.5, 0.6) is 5.75 Å². The summed E-state index contributed by atoms with van der Waals surface area (Å²) in [5, 5.41) is 5.77. The highest BCUT2D eigenvalue weighted by atomic mass is 35.5. The predicted molar refractivity (Wildman–Crippen MR) is 105 cm³/mol. The molecule has 0 saturated heterocycles. The van der Waals surface area contributed by atoms with E-state index in [0.29, 0.717) is 6.61 Å². The molecule has 0 radical (unpaired) electrons. The largest absolute Gasteiger partial charge is 0.488 e. The molecule has 2 aromatic carbocycles. The van der Waals surface area contributed by atoms with Crippen LogP contribution in [0.3, 0.4) is 0 Å². The van der Waals surface area contributed by atoms with Crippen LogP contribution in [0.1, 0.15) is 21.7 Å². The SMILES string of the molecule is Cc1nc(NN=Cc2ccccc2OCc2ccc(Cl)cc2)sc1C. The molecular formula is C19H18ClN3OS. The van der Waals surface area contributed by atoms with E-state index in [2.05, 4.69) is 15.5 Å². The Morgan fingerprint density at radius 1 is 1.16 bits per heavy atom. The van der Waals surface area contributed by atoms with Gasteiger partial charge in [-0.15, -0.1) is 11.3 Å². The van der Waals surface area contributed by atoms with Gasteiger partial charge in [0.1, 0.15) is 12.4 Å². The number of para-hydroxylation sites is 1. The minimum Gasteiger partial charge on any atom is -0.488 e. The Bertz CT molecular complexity index is 855. The van der Waals surface area contributed by atoms with Crippen molar-refractivity contribution in [3.8, 4) is 5.75 Å². The number of thiazole rings is 1. The smallest absolute Gasteiger partial charge is 0.203 e. The Balaban J connectivity index is 1.65. The van der Waals surface area contributed by atoms with E-state index in [1.165, 1.54) is 4.88 Å². The van der Waals surface area contributed by atoms with E-state index in [1.54, 1.807) is 17.6 Å². The number of nitrogens with one attached hydrogen (secondary N) is 1. The highest BCUT2D eigenvalue weighted by molar-refractivity contribution is 7.15. The quantitative estimate of drug-likeness (QED) is 0.463. The zero-order valence-electron chi connectivity index (χ0n) is 14.0. The van der Waals surface area contributed by atoms with Gasteiger partial charge in [-0.1, -0.05) is 35.9 Å². The van der Waals surface area contributed by atoms with Gasteiger partial charge in [-0.25, -0.2) is 4.98 Å². The second kappa shape index (κ2) is 8.14. The lowest BCUT2D eigenvalue weighted by Crippen LogP contribution is -1.99. The molecule has 1 heterocycles. The Morgan fingerprint density at radius 2 is 1.92 bits per heavy atom. The monoisotopic (exact) mass is 371 g/mol. The van der Waals surface area contributed by atoms with Crippen molar-refractivity contribution in [2.24, 2.45) is 5.10 Å². The van der Waals surface area contributed by atoms with Crippen molar-refractivity contribution in [3.05, 3.63) is 75.3 Å². The van der Waals surface area contributed by atoms with Crippen LogP contribution in [0.4, 0.5) is 5.13 Å². The van der Waals surface area contributed by atoms with Crippen LogP contribution in [-0.4, -0.2) is 11.2 Å². The molecule has 0 fully saturated rings. The van der Waals surface area contributed by atoms with Crippen molar-refractivity contribution in [2.45, 2.75) is 20.5 Å². The molecule has 3 aromatic rings. The molecule has 0 amide bonds. The molecule has 4 nitrogen and oxygen atoms in total. The molecule has 0 saturated carbocycles. The number of aromatic nitrogens is 1. The Labute approximate surface area is 156 Å². The number of hydrazone groups is 1. The molecule has 128 valence electrons. The molecule has 0 spiro atoms. The average Bonchev–Trinajstić information content (AvgIpc) is 2.93. The molecule has 0 aliphatic carbocycles. The standard InChI is InChI=1S/C19H18ClN3OS/c1-13-14(2)25-19(22-13)23-21-11-16-5-3-4-6-18(16)24-12-15-7-9-17(20)10-8-15/h3-11H,12H2,1-2H3,(H,22,23). The summed E-state index contributed by atoms with van der Waals surface area (Å²) in [4.78, 5) is 5.58. The highest BCUT2D eigenvalue weighted by Gasteiger charge is 2.03. The van der Waals surface area contributed by atoms with E-state index in [4.69, 9.17) is 16.3 Å². The van der Waals surface area contributed by atoms with Crippen LogP contribution in [-0.2, 0) is 6.61 Å². The van der Waals surface area contributed by atoms with Gasteiger partial charge in [0.05, 0.1) is 11.9 Å². The van der Waals surface area contributed by atoms with E-state index < -0.39 is 0 Å². The van der Waals surface area contributed by atoms with E-state index in [0.717, 1.165) is 32.7 Å². The van der Waals surface area contributed by atoms with Gasteiger partial charge in [0.2, 0.25) is 5.13 Å². The van der Waals surface area contributed by atoms with Crippen LogP contribution in [0, 0.1) is 13.8 Å². The zero-order chi connectivity index (χ0) is 17.6. The van der Waals surface area contributed by atoms with Crippen LogP contribution in [0.25, 0.3) is 0 Å². The minimum atomic E-state index is 0.473. The summed E-state index contributed by atoms with van der Waals surface area (Å²) >= 11 is 7.49. The number of anilines is 1. The number of benzene rings is 2. The fourth-order valence-corrected chi connectivity index (χ4v) is 3.03. The van der Waals surface area contributed by atoms with Gasteiger partial charge in [-0.2, -0.15) is 5.10 Å². The molecule has 25 heavy (non-hydrogen) atoms. The van der Waals surface area contributed by atoms with Gasteiger partial charge in [-0.3, -0.25) is 5.43 Å². The van der Waals surface area contributed by atoms with Crippen molar-refractivity contribution < 1.29 is 4.74 Å². The number of hydrogen-bond acceptors (Lipinski definition) is 5. The van der Waals surface area contributed by atoms with Crippen molar-refractivity contribution in [3.63, 3.8) is 0 Å². The fourth-order valence-electron chi connectivity index (χ4n) is 2.14. The summed E-state index contributed by atoms with van der Waals surface area (Å²) in [5.41, 5.74) is 5.95. The van der Waals surface area contributed by atoms with Crippen molar-refractivity contribution in [2.75, 3.05) is 5.43 Å². The first-order valence-corrected chi connectivity index (χ1v) is 9.00. The van der Waals surface area contributed by atoms with Gasteiger partial charge in [0.15, 0.2) is 0 Å². The summed E-state index contributed by atoms with van der Waals surface area (Å²) in [7, 11) is 0. The first-order valence-electron chi connectivity index (χ1n) is 7.81. The van der Waals surface area contributed by atoms with Gasteiger partial charge in [0, 0.05) is 15.5 Å². The zero-order valence-corrected chi connectivity index (χ0v) is 15.6. The lowest BCUT2D eigenvalue weighted by Gasteiger charge is -2.09. The van der Waals surface area contributed by atoms with Gasteiger partial charge in [0.25, 0.3) is 0 Å². The van der Waals surface area contributed by atoms with E-state index in [1.807, 2.05) is 62.4 Å². The third kappa shape index (κ3) is 4.81. The second-order valence-corrected chi connectivity index (χ2v) is 7.12. The third-order valence-electron chi connectivity index (χ3n) is 3.62. The Hall–Kier alpha value is -2.37. The van der Waals surface area contributed by atoms with Gasteiger partial charge >= 0.3 is 0 Å². The van der Waals surface area contributed by atoms with Crippen LogP contribution in [0.15, 0.2) is 53.6 Å². The second-order valence-electron chi connectivity index (χ2n) is 5.48. The number of rotatable bonds is 6. The summed E-state index contributed by atoms with van der Waals surface area (Å²) in [6.45, 7) is 4.50. The maximum Gasteiger partial charge on any atom is 0.203 e. The molecule has 0 unspecified atom stereocenters. The molecule has 0 aliphatic rings. The van der Waals surface area contributed by atoms with Gasteiger partial charge < -0.3 is 4.74 Å². The summed E-state index contributed by atoms with van der Waals surface area (Å²) in [5.74, 6) is 0.773.